The lowest BCUT2D eigenvalue weighted by Crippen LogP contribution is -2.31. The van der Waals surface area contributed by atoms with Crippen molar-refractivity contribution in [2.45, 2.75) is 6.92 Å². The van der Waals surface area contributed by atoms with Crippen LogP contribution in [0.5, 0.6) is 0 Å². The molecule has 1 N–H and O–H groups in total. The summed E-state index contributed by atoms with van der Waals surface area (Å²) >= 11 is 5.61. The first-order chi connectivity index (χ1) is 14.1. The van der Waals surface area contributed by atoms with Crippen LogP contribution in [-0.2, 0) is 4.65 Å². The largest absolute Gasteiger partial charge is 0.559 e. The van der Waals surface area contributed by atoms with Crippen LogP contribution in [-0.4, -0.2) is 12.1 Å². The van der Waals surface area contributed by atoms with E-state index in [0.717, 1.165) is 10.5 Å². The summed E-state index contributed by atoms with van der Waals surface area (Å²) in [4.78, 5) is 0. The monoisotopic (exact) mass is 404 g/mol. The second-order valence-corrected chi connectivity index (χ2v) is 6.30. The molecule has 148 valence electrons. The maximum atomic E-state index is 9.23. The lowest BCUT2D eigenvalue weighted by atomic mass is 9.80. The van der Waals surface area contributed by atoms with Crippen molar-refractivity contribution in [3.63, 3.8) is 0 Å². The molecule has 0 amide bonds. The minimum atomic E-state index is -0.895. The fraction of sp³-hybridized carbons (Fsp3) is 0.0400. The molecule has 0 heterocycles. The average Bonchev–Trinajstić information content (AvgIpc) is 2.77. The molecular weight excluding hydrogens is 379 g/mol. The van der Waals surface area contributed by atoms with E-state index < -0.39 is 7.12 Å². The molecule has 0 spiro atoms. The van der Waals surface area contributed by atoms with Crippen molar-refractivity contribution in [1.29, 1.82) is 0 Å². The highest BCUT2D eigenvalue weighted by Crippen LogP contribution is 2.07. The quantitative estimate of drug-likeness (QED) is 0.318. The Balaban J connectivity index is 0.000000220. The van der Waals surface area contributed by atoms with Gasteiger partial charge in [0.25, 0.3) is 0 Å². The van der Waals surface area contributed by atoms with Crippen LogP contribution in [0.15, 0.2) is 117 Å². The van der Waals surface area contributed by atoms with E-state index >= 15 is 0 Å². The zero-order valence-corrected chi connectivity index (χ0v) is 17.4. The summed E-state index contributed by atoms with van der Waals surface area (Å²) in [6.07, 6.45) is 6.94. The molecule has 0 aromatic heterocycles. The minimum absolute atomic E-state index is 0.729. The molecule has 0 aliphatic rings. The fourth-order valence-electron chi connectivity index (χ4n) is 2.06. The number of halogens is 1. The molecule has 0 fully saturated rings. The molecule has 0 saturated heterocycles. The van der Waals surface area contributed by atoms with Crippen LogP contribution in [0.3, 0.4) is 0 Å². The summed E-state index contributed by atoms with van der Waals surface area (Å²) in [6.45, 7) is 8.97. The number of rotatable bonds is 5. The lowest BCUT2D eigenvalue weighted by Gasteiger charge is -2.03. The van der Waals surface area contributed by atoms with Crippen LogP contribution in [0.4, 0.5) is 0 Å². The van der Waals surface area contributed by atoms with Crippen molar-refractivity contribution >= 4 is 30.3 Å². The van der Waals surface area contributed by atoms with E-state index in [1.54, 1.807) is 18.2 Å². The first-order valence-corrected chi connectivity index (χ1v) is 9.50. The third-order valence-electron chi connectivity index (χ3n) is 3.55. The van der Waals surface area contributed by atoms with Crippen molar-refractivity contribution < 1.29 is 9.68 Å². The molecule has 0 atom stereocenters. The Kier molecular flexibility index (Phi) is 12.4. The van der Waals surface area contributed by atoms with Gasteiger partial charge in [-0.25, -0.2) is 0 Å². The third kappa shape index (κ3) is 11.4. The van der Waals surface area contributed by atoms with Gasteiger partial charge in [-0.3, -0.25) is 0 Å². The van der Waals surface area contributed by atoms with Crippen molar-refractivity contribution in [3.8, 4) is 0 Å². The topological polar surface area (TPSA) is 29.5 Å². The van der Waals surface area contributed by atoms with Gasteiger partial charge in [0.1, 0.15) is 0 Å². The zero-order chi connectivity index (χ0) is 21.3. The summed E-state index contributed by atoms with van der Waals surface area (Å²) in [5.41, 5.74) is 3.18. The van der Waals surface area contributed by atoms with Crippen molar-refractivity contribution in [1.82, 2.24) is 0 Å². The third-order valence-corrected chi connectivity index (χ3v) is 3.80. The molecule has 3 aromatic rings. The Morgan fingerprint density at radius 3 is 1.90 bits per heavy atom. The van der Waals surface area contributed by atoms with Gasteiger partial charge in [-0.05, 0) is 30.1 Å². The molecule has 0 unspecified atom stereocenters. The highest BCUT2D eigenvalue weighted by Gasteiger charge is 2.14. The molecule has 3 rings (SSSR count). The predicted molar refractivity (Wildman–Crippen MR) is 127 cm³/mol. The fourth-order valence-corrected chi connectivity index (χ4v) is 2.19. The number of allylic oxidation sites excluding steroid dienone is 2. The second kappa shape index (κ2) is 15.0. The van der Waals surface area contributed by atoms with Crippen LogP contribution in [0, 0.1) is 6.92 Å². The van der Waals surface area contributed by atoms with Gasteiger partial charge in [0, 0.05) is 5.02 Å². The number of benzene rings is 3. The van der Waals surface area contributed by atoms with Gasteiger partial charge in [-0.2, -0.15) is 0 Å². The molecule has 3 aromatic carbocycles. The summed E-state index contributed by atoms with van der Waals surface area (Å²) in [5, 5.41) is 10.0. The lowest BCUT2D eigenvalue weighted by molar-refractivity contribution is 0.387. The Labute approximate surface area is 179 Å². The Morgan fingerprint density at radius 2 is 1.41 bits per heavy atom. The van der Waals surface area contributed by atoms with Crippen LogP contribution in [0.1, 0.15) is 11.1 Å². The number of hydrogen-bond acceptors (Lipinski definition) is 2. The first kappa shape index (κ1) is 24.0. The van der Waals surface area contributed by atoms with Crippen LogP contribution in [0.25, 0.3) is 6.08 Å². The van der Waals surface area contributed by atoms with Crippen LogP contribution in [0.2, 0.25) is 5.02 Å². The highest BCUT2D eigenvalue weighted by atomic mass is 35.5. The molecular formula is C25H26BClO2. The van der Waals surface area contributed by atoms with Crippen LogP contribution < -0.4 is 5.46 Å². The van der Waals surface area contributed by atoms with E-state index in [1.165, 1.54) is 17.4 Å². The van der Waals surface area contributed by atoms with E-state index in [2.05, 4.69) is 25.3 Å². The van der Waals surface area contributed by atoms with Gasteiger partial charge in [-0.1, -0.05) is 121 Å². The maximum Gasteiger partial charge on any atom is 0.559 e. The SMILES string of the molecule is C=CC=Cc1ccccc1.C=COB(O)c1ccccc1.Cc1ccc(Cl)cc1. The zero-order valence-electron chi connectivity index (χ0n) is 16.6. The molecule has 0 aliphatic heterocycles. The predicted octanol–water partition coefficient (Wildman–Crippen LogP) is 6.07. The standard InChI is InChI=1S/C10H10.C8H9BO2.C7H7Cl/c1-2-3-7-10-8-5-4-6-9-10;1-2-11-9(10)8-6-4-3-5-7-8;1-6-2-4-7(8)5-3-6/h2-9H,1H2;2-7,10H,1H2;2-5H,1H3. The highest BCUT2D eigenvalue weighted by molar-refractivity contribution is 6.60. The maximum absolute atomic E-state index is 9.23. The normalized spacial score (nSPS) is 9.34. The summed E-state index contributed by atoms with van der Waals surface area (Å²) in [6, 6.07) is 27.0. The van der Waals surface area contributed by atoms with Crippen molar-refractivity contribution in [3.05, 3.63) is 133 Å². The van der Waals surface area contributed by atoms with E-state index in [9.17, 15) is 5.02 Å². The average molecular weight is 405 g/mol. The molecule has 0 bridgehead atoms. The summed E-state index contributed by atoms with van der Waals surface area (Å²) in [7, 11) is -0.895. The van der Waals surface area contributed by atoms with Gasteiger partial charge in [0.15, 0.2) is 0 Å². The Morgan fingerprint density at radius 1 is 0.862 bits per heavy atom. The smallest absolute Gasteiger partial charge is 0.539 e. The molecule has 29 heavy (non-hydrogen) atoms. The van der Waals surface area contributed by atoms with Crippen LogP contribution >= 0.6 is 11.6 Å². The molecule has 0 saturated carbocycles. The van der Waals surface area contributed by atoms with Crippen molar-refractivity contribution in [2.24, 2.45) is 0 Å². The van der Waals surface area contributed by atoms with Gasteiger partial charge >= 0.3 is 7.12 Å². The molecule has 0 aliphatic carbocycles. The van der Waals surface area contributed by atoms with E-state index in [0.29, 0.717) is 0 Å². The number of hydrogen-bond donors (Lipinski definition) is 1. The number of aryl methyl sites for hydroxylation is 1. The summed E-state index contributed by atoms with van der Waals surface area (Å²) < 4.78 is 4.75. The van der Waals surface area contributed by atoms with E-state index in [-0.39, 0.29) is 0 Å². The van der Waals surface area contributed by atoms with Gasteiger partial charge < -0.3 is 9.68 Å². The first-order valence-electron chi connectivity index (χ1n) is 9.12. The Hall–Kier alpha value is -3.01. The second-order valence-electron chi connectivity index (χ2n) is 5.87. The van der Waals surface area contributed by atoms with E-state index in [4.69, 9.17) is 16.3 Å². The molecule has 2 nitrogen and oxygen atoms in total. The minimum Gasteiger partial charge on any atom is -0.539 e. The molecule has 0 radical (unpaired) electrons. The molecule has 4 heteroatoms. The van der Waals surface area contributed by atoms with Gasteiger partial charge in [-0.15, -0.1) is 0 Å². The summed E-state index contributed by atoms with van der Waals surface area (Å²) in [5.74, 6) is 0. The van der Waals surface area contributed by atoms with Gasteiger partial charge in [0.2, 0.25) is 0 Å². The van der Waals surface area contributed by atoms with Crippen molar-refractivity contribution in [2.75, 3.05) is 0 Å². The Bertz CT molecular complexity index is 826. The van der Waals surface area contributed by atoms with Gasteiger partial charge in [0.05, 0.1) is 6.26 Å². The van der Waals surface area contributed by atoms with E-state index in [1.807, 2.05) is 79.7 Å².